The minimum Gasteiger partial charge on any atom is -0.384 e. The van der Waals surface area contributed by atoms with Crippen molar-refractivity contribution < 1.29 is 9.90 Å². The molecular formula is C17H14ClNO2. The summed E-state index contributed by atoms with van der Waals surface area (Å²) in [6.07, 6.45) is 0. The molecule has 0 aliphatic rings. The van der Waals surface area contributed by atoms with Crippen LogP contribution in [0.15, 0.2) is 42.5 Å². The van der Waals surface area contributed by atoms with Crippen LogP contribution in [0.25, 0.3) is 0 Å². The molecule has 0 unspecified atom stereocenters. The lowest BCUT2D eigenvalue weighted by Gasteiger charge is -2.08. The molecule has 0 bridgehead atoms. The number of anilines is 1. The molecule has 2 rings (SSSR count). The highest BCUT2D eigenvalue weighted by atomic mass is 35.5. The first-order valence-electron chi connectivity index (χ1n) is 6.37. The third-order valence-corrected chi connectivity index (χ3v) is 3.08. The second-order valence-electron chi connectivity index (χ2n) is 4.47. The summed E-state index contributed by atoms with van der Waals surface area (Å²) in [7, 11) is 0. The van der Waals surface area contributed by atoms with Gasteiger partial charge in [0, 0.05) is 16.1 Å². The predicted molar refractivity (Wildman–Crippen MR) is 84.5 cm³/mol. The van der Waals surface area contributed by atoms with Gasteiger partial charge in [0.15, 0.2) is 0 Å². The third-order valence-electron chi connectivity index (χ3n) is 2.85. The maximum atomic E-state index is 12.2. The van der Waals surface area contributed by atoms with E-state index in [1.807, 2.05) is 19.1 Å². The van der Waals surface area contributed by atoms with Gasteiger partial charge in [-0.25, -0.2) is 0 Å². The monoisotopic (exact) mass is 299 g/mol. The second-order valence-corrected chi connectivity index (χ2v) is 4.91. The van der Waals surface area contributed by atoms with E-state index in [4.69, 9.17) is 16.7 Å². The second kappa shape index (κ2) is 6.94. The van der Waals surface area contributed by atoms with Gasteiger partial charge in [-0.05, 0) is 37.3 Å². The Labute approximate surface area is 128 Å². The van der Waals surface area contributed by atoms with Gasteiger partial charge in [0.25, 0.3) is 5.91 Å². The van der Waals surface area contributed by atoms with Gasteiger partial charge in [-0.3, -0.25) is 4.79 Å². The van der Waals surface area contributed by atoms with Gasteiger partial charge < -0.3 is 10.4 Å². The molecule has 0 saturated heterocycles. The Kier molecular flexibility index (Phi) is 4.99. The molecule has 2 aromatic rings. The fourth-order valence-electron chi connectivity index (χ4n) is 1.76. The zero-order valence-corrected chi connectivity index (χ0v) is 12.2. The molecule has 1 amide bonds. The van der Waals surface area contributed by atoms with Crippen molar-refractivity contribution in [1.29, 1.82) is 0 Å². The number of carbonyl (C=O) groups excluding carboxylic acids is 1. The molecule has 21 heavy (non-hydrogen) atoms. The summed E-state index contributed by atoms with van der Waals surface area (Å²) in [5, 5.41) is 12.1. The van der Waals surface area contributed by atoms with Crippen molar-refractivity contribution in [3.8, 4) is 11.8 Å². The van der Waals surface area contributed by atoms with E-state index >= 15 is 0 Å². The van der Waals surface area contributed by atoms with Crippen LogP contribution < -0.4 is 5.32 Å². The summed E-state index contributed by atoms with van der Waals surface area (Å²) in [6, 6.07) is 12.3. The van der Waals surface area contributed by atoms with E-state index in [-0.39, 0.29) is 12.5 Å². The molecule has 0 fully saturated rings. The quantitative estimate of drug-likeness (QED) is 0.836. The Bertz CT molecular complexity index is 712. The summed E-state index contributed by atoms with van der Waals surface area (Å²) in [5.41, 5.74) is 2.77. The molecule has 0 spiro atoms. The van der Waals surface area contributed by atoms with E-state index in [0.29, 0.717) is 21.8 Å². The van der Waals surface area contributed by atoms with Crippen molar-refractivity contribution >= 4 is 23.2 Å². The van der Waals surface area contributed by atoms with E-state index < -0.39 is 0 Å². The standard InChI is InChI=1S/C17H14ClNO2/c1-12-4-6-14(7-5-12)17(21)19-16-11-15(18)9-8-13(16)3-2-10-20/h4-9,11,20H,10H2,1H3,(H,19,21). The van der Waals surface area contributed by atoms with E-state index in [1.165, 1.54) is 0 Å². The van der Waals surface area contributed by atoms with Crippen molar-refractivity contribution in [2.75, 3.05) is 11.9 Å². The highest BCUT2D eigenvalue weighted by Gasteiger charge is 2.08. The molecule has 2 aromatic carbocycles. The average molecular weight is 300 g/mol. The lowest BCUT2D eigenvalue weighted by atomic mass is 10.1. The predicted octanol–water partition coefficient (Wildman–Crippen LogP) is 3.24. The highest BCUT2D eigenvalue weighted by Crippen LogP contribution is 2.21. The van der Waals surface area contributed by atoms with Crippen LogP contribution in [0.2, 0.25) is 5.02 Å². The summed E-state index contributed by atoms with van der Waals surface area (Å²) >= 11 is 5.95. The molecule has 3 nitrogen and oxygen atoms in total. The number of rotatable bonds is 2. The Balaban J connectivity index is 2.27. The number of halogens is 1. The minimum atomic E-state index is -0.242. The molecule has 4 heteroatoms. The number of benzene rings is 2. The zero-order chi connectivity index (χ0) is 15.2. The van der Waals surface area contributed by atoms with Gasteiger partial charge >= 0.3 is 0 Å². The van der Waals surface area contributed by atoms with Crippen LogP contribution in [0.1, 0.15) is 21.5 Å². The first-order chi connectivity index (χ1) is 10.1. The molecule has 0 heterocycles. The summed E-state index contributed by atoms with van der Waals surface area (Å²) in [6.45, 7) is 1.72. The van der Waals surface area contributed by atoms with Crippen LogP contribution in [0, 0.1) is 18.8 Å². The molecule has 0 aliphatic heterocycles. The number of aliphatic hydroxyl groups excluding tert-OH is 1. The van der Waals surface area contributed by atoms with E-state index in [1.54, 1.807) is 30.3 Å². The Morgan fingerprint density at radius 2 is 1.95 bits per heavy atom. The van der Waals surface area contributed by atoms with Crippen LogP contribution >= 0.6 is 11.6 Å². The SMILES string of the molecule is Cc1ccc(C(=O)Nc2cc(Cl)ccc2C#CCO)cc1. The molecule has 106 valence electrons. The number of hydrogen-bond donors (Lipinski definition) is 2. The molecule has 0 aromatic heterocycles. The Morgan fingerprint density at radius 1 is 1.24 bits per heavy atom. The molecule has 0 radical (unpaired) electrons. The van der Waals surface area contributed by atoms with Gasteiger partial charge in [-0.1, -0.05) is 41.1 Å². The Morgan fingerprint density at radius 3 is 2.62 bits per heavy atom. The van der Waals surface area contributed by atoms with Crippen LogP contribution in [-0.2, 0) is 0 Å². The molecule has 0 atom stereocenters. The topological polar surface area (TPSA) is 49.3 Å². The maximum Gasteiger partial charge on any atom is 0.255 e. The number of nitrogens with one attached hydrogen (secondary N) is 1. The van der Waals surface area contributed by atoms with Gasteiger partial charge in [-0.2, -0.15) is 0 Å². The van der Waals surface area contributed by atoms with Crippen LogP contribution in [-0.4, -0.2) is 17.6 Å². The number of aliphatic hydroxyl groups is 1. The van der Waals surface area contributed by atoms with E-state index in [0.717, 1.165) is 5.56 Å². The summed E-state index contributed by atoms with van der Waals surface area (Å²) in [5.74, 6) is 5.11. The molecule has 2 N–H and O–H groups in total. The molecular weight excluding hydrogens is 286 g/mol. The number of amides is 1. The van der Waals surface area contributed by atoms with Gasteiger partial charge in [0.2, 0.25) is 0 Å². The fraction of sp³-hybridized carbons (Fsp3) is 0.118. The maximum absolute atomic E-state index is 12.2. The van der Waals surface area contributed by atoms with Crippen LogP contribution in [0.5, 0.6) is 0 Å². The highest BCUT2D eigenvalue weighted by molar-refractivity contribution is 6.31. The fourth-order valence-corrected chi connectivity index (χ4v) is 1.94. The number of carbonyl (C=O) groups is 1. The van der Waals surface area contributed by atoms with Gasteiger partial charge in [0.05, 0.1) is 5.69 Å². The van der Waals surface area contributed by atoms with Gasteiger partial charge in [0.1, 0.15) is 6.61 Å². The largest absolute Gasteiger partial charge is 0.384 e. The molecule has 0 aliphatic carbocycles. The average Bonchev–Trinajstić information content (AvgIpc) is 2.47. The lowest BCUT2D eigenvalue weighted by Crippen LogP contribution is -2.12. The van der Waals surface area contributed by atoms with E-state index in [2.05, 4.69) is 17.2 Å². The van der Waals surface area contributed by atoms with Crippen molar-refractivity contribution in [2.24, 2.45) is 0 Å². The van der Waals surface area contributed by atoms with E-state index in [9.17, 15) is 4.79 Å². The van der Waals surface area contributed by atoms with Crippen molar-refractivity contribution in [3.05, 3.63) is 64.2 Å². The normalized spacial score (nSPS) is 9.67. The minimum absolute atomic E-state index is 0.232. The van der Waals surface area contributed by atoms with Crippen molar-refractivity contribution in [2.45, 2.75) is 6.92 Å². The molecule has 0 saturated carbocycles. The number of aryl methyl sites for hydroxylation is 1. The third kappa shape index (κ3) is 4.09. The first-order valence-corrected chi connectivity index (χ1v) is 6.75. The van der Waals surface area contributed by atoms with Crippen LogP contribution in [0.4, 0.5) is 5.69 Å². The number of hydrogen-bond acceptors (Lipinski definition) is 2. The van der Waals surface area contributed by atoms with Gasteiger partial charge in [-0.15, -0.1) is 0 Å². The summed E-state index contributed by atoms with van der Waals surface area (Å²) < 4.78 is 0. The first kappa shape index (κ1) is 15.1. The van der Waals surface area contributed by atoms with Crippen molar-refractivity contribution in [1.82, 2.24) is 0 Å². The lowest BCUT2D eigenvalue weighted by molar-refractivity contribution is 0.102. The summed E-state index contributed by atoms with van der Waals surface area (Å²) in [4.78, 5) is 12.2. The smallest absolute Gasteiger partial charge is 0.255 e. The van der Waals surface area contributed by atoms with Crippen LogP contribution in [0.3, 0.4) is 0 Å². The zero-order valence-electron chi connectivity index (χ0n) is 11.5. The Hall–Kier alpha value is -2.28. The van der Waals surface area contributed by atoms with Crippen molar-refractivity contribution in [3.63, 3.8) is 0 Å².